The molecule has 0 saturated heterocycles. The average Bonchev–Trinajstić information content (AvgIpc) is 2.43. The fourth-order valence-electron chi connectivity index (χ4n) is 2.12. The van der Waals surface area contributed by atoms with E-state index in [-0.39, 0.29) is 18.5 Å². The zero-order chi connectivity index (χ0) is 16.0. The van der Waals surface area contributed by atoms with Gasteiger partial charge in [-0.3, -0.25) is 9.59 Å². The summed E-state index contributed by atoms with van der Waals surface area (Å²) >= 11 is 0. The molecule has 1 amide bonds. The van der Waals surface area contributed by atoms with Crippen LogP contribution in [0.3, 0.4) is 0 Å². The van der Waals surface area contributed by atoms with Gasteiger partial charge < -0.3 is 10.0 Å². The number of carbonyl (C=O) groups excluding carboxylic acids is 1. The molecule has 0 spiro atoms. The second-order valence-corrected chi connectivity index (χ2v) is 5.86. The van der Waals surface area contributed by atoms with Crippen LogP contribution in [0.4, 0.5) is 0 Å². The van der Waals surface area contributed by atoms with Gasteiger partial charge in [-0.25, -0.2) is 0 Å². The zero-order valence-corrected chi connectivity index (χ0v) is 13.3. The van der Waals surface area contributed by atoms with E-state index in [2.05, 4.69) is 0 Å². The summed E-state index contributed by atoms with van der Waals surface area (Å²) in [6.45, 7) is 7.75. The van der Waals surface area contributed by atoms with Gasteiger partial charge in [0.15, 0.2) is 0 Å². The molecule has 4 heteroatoms. The van der Waals surface area contributed by atoms with E-state index in [1.165, 1.54) is 5.56 Å². The fourth-order valence-corrected chi connectivity index (χ4v) is 2.12. The van der Waals surface area contributed by atoms with Gasteiger partial charge >= 0.3 is 5.97 Å². The van der Waals surface area contributed by atoms with Crippen LogP contribution in [0, 0.1) is 12.8 Å². The minimum atomic E-state index is -0.869. The standard InChI is InChI=1S/C17H25NO3/c1-12(2)18(11-14(4)17(20)21)16(19)10-9-15-7-5-13(3)6-8-15/h5-8,12,14H,9-11H2,1-4H3,(H,20,21). The predicted octanol–water partition coefficient (Wildman–Crippen LogP) is 2.89. The summed E-state index contributed by atoms with van der Waals surface area (Å²) in [6.07, 6.45) is 1.09. The van der Waals surface area contributed by atoms with Crippen molar-refractivity contribution in [1.29, 1.82) is 0 Å². The van der Waals surface area contributed by atoms with Crippen LogP contribution in [-0.2, 0) is 16.0 Å². The lowest BCUT2D eigenvalue weighted by molar-refractivity contribution is -0.143. The van der Waals surface area contributed by atoms with Crippen molar-refractivity contribution in [3.63, 3.8) is 0 Å². The van der Waals surface area contributed by atoms with Gasteiger partial charge in [0, 0.05) is 19.0 Å². The molecule has 1 aromatic rings. The van der Waals surface area contributed by atoms with Crippen LogP contribution in [0.1, 0.15) is 38.3 Å². The first-order valence-electron chi connectivity index (χ1n) is 7.39. The average molecular weight is 291 g/mol. The molecule has 0 aromatic heterocycles. The molecule has 0 aliphatic heterocycles. The van der Waals surface area contributed by atoms with Gasteiger partial charge in [0.1, 0.15) is 0 Å². The van der Waals surface area contributed by atoms with Crippen molar-refractivity contribution in [3.8, 4) is 0 Å². The Bertz CT molecular complexity index is 479. The lowest BCUT2D eigenvalue weighted by Crippen LogP contribution is -2.41. The van der Waals surface area contributed by atoms with Crippen LogP contribution in [0.25, 0.3) is 0 Å². The number of nitrogens with zero attached hydrogens (tertiary/aromatic N) is 1. The molecule has 1 rings (SSSR count). The molecule has 0 radical (unpaired) electrons. The van der Waals surface area contributed by atoms with E-state index >= 15 is 0 Å². The van der Waals surface area contributed by atoms with E-state index in [1.807, 2.05) is 45.0 Å². The van der Waals surface area contributed by atoms with Gasteiger partial charge in [0.05, 0.1) is 5.92 Å². The number of benzene rings is 1. The Balaban J connectivity index is 2.60. The number of carboxylic acid groups (broad SMARTS) is 1. The van der Waals surface area contributed by atoms with Gasteiger partial charge in [-0.1, -0.05) is 36.8 Å². The van der Waals surface area contributed by atoms with E-state index < -0.39 is 11.9 Å². The number of rotatable bonds is 7. The molecule has 4 nitrogen and oxygen atoms in total. The topological polar surface area (TPSA) is 57.6 Å². The minimum absolute atomic E-state index is 0.0114. The molecule has 1 aromatic carbocycles. The van der Waals surface area contributed by atoms with Crippen LogP contribution in [0.15, 0.2) is 24.3 Å². The molecule has 21 heavy (non-hydrogen) atoms. The second kappa shape index (κ2) is 7.81. The summed E-state index contributed by atoms with van der Waals surface area (Å²) in [5.41, 5.74) is 2.33. The van der Waals surface area contributed by atoms with Gasteiger partial charge in [-0.2, -0.15) is 0 Å². The van der Waals surface area contributed by atoms with Crippen molar-refractivity contribution >= 4 is 11.9 Å². The molecule has 0 bridgehead atoms. The summed E-state index contributed by atoms with van der Waals surface area (Å²) in [7, 11) is 0. The molecular weight excluding hydrogens is 266 g/mol. The SMILES string of the molecule is Cc1ccc(CCC(=O)N(CC(C)C(=O)O)C(C)C)cc1. The maximum absolute atomic E-state index is 12.3. The maximum atomic E-state index is 12.3. The van der Waals surface area contributed by atoms with Crippen LogP contribution >= 0.6 is 0 Å². The molecule has 0 saturated carbocycles. The molecule has 0 fully saturated rings. The molecule has 0 aliphatic carbocycles. The van der Waals surface area contributed by atoms with E-state index in [4.69, 9.17) is 5.11 Å². The second-order valence-electron chi connectivity index (χ2n) is 5.86. The first kappa shape index (κ1) is 17.2. The first-order chi connectivity index (χ1) is 9.81. The van der Waals surface area contributed by atoms with E-state index in [9.17, 15) is 9.59 Å². The van der Waals surface area contributed by atoms with Crippen molar-refractivity contribution in [2.75, 3.05) is 6.54 Å². The third kappa shape index (κ3) is 5.58. The minimum Gasteiger partial charge on any atom is -0.481 e. The number of carbonyl (C=O) groups is 2. The summed E-state index contributed by atoms with van der Waals surface area (Å²) in [5.74, 6) is -1.40. The van der Waals surface area contributed by atoms with Crippen molar-refractivity contribution in [3.05, 3.63) is 35.4 Å². The van der Waals surface area contributed by atoms with Gasteiger partial charge in [-0.05, 0) is 32.8 Å². The van der Waals surface area contributed by atoms with Crippen LogP contribution in [-0.4, -0.2) is 34.5 Å². The molecule has 1 unspecified atom stereocenters. The third-order valence-corrected chi connectivity index (χ3v) is 3.58. The van der Waals surface area contributed by atoms with Crippen molar-refractivity contribution in [1.82, 2.24) is 4.90 Å². The number of hydrogen-bond donors (Lipinski definition) is 1. The summed E-state index contributed by atoms with van der Waals surface area (Å²) in [5, 5.41) is 8.99. The van der Waals surface area contributed by atoms with Gasteiger partial charge in [0.25, 0.3) is 0 Å². The maximum Gasteiger partial charge on any atom is 0.308 e. The zero-order valence-electron chi connectivity index (χ0n) is 13.3. The highest BCUT2D eigenvalue weighted by Gasteiger charge is 2.22. The highest BCUT2D eigenvalue weighted by molar-refractivity contribution is 5.78. The van der Waals surface area contributed by atoms with Crippen molar-refractivity contribution in [2.45, 2.75) is 46.6 Å². The Hall–Kier alpha value is -1.84. The number of hydrogen-bond acceptors (Lipinski definition) is 2. The van der Waals surface area contributed by atoms with Crippen LogP contribution in [0.2, 0.25) is 0 Å². The Morgan fingerprint density at radius 1 is 1.14 bits per heavy atom. The molecule has 116 valence electrons. The normalized spacial score (nSPS) is 12.2. The summed E-state index contributed by atoms with van der Waals surface area (Å²) < 4.78 is 0. The number of aliphatic carboxylic acids is 1. The van der Waals surface area contributed by atoms with Gasteiger partial charge in [-0.15, -0.1) is 0 Å². The molecule has 1 atom stereocenters. The highest BCUT2D eigenvalue weighted by atomic mass is 16.4. The molecule has 0 heterocycles. The smallest absolute Gasteiger partial charge is 0.308 e. The van der Waals surface area contributed by atoms with E-state index in [0.29, 0.717) is 12.8 Å². The first-order valence-corrected chi connectivity index (χ1v) is 7.39. The monoisotopic (exact) mass is 291 g/mol. The van der Waals surface area contributed by atoms with Crippen molar-refractivity contribution < 1.29 is 14.7 Å². The highest BCUT2D eigenvalue weighted by Crippen LogP contribution is 2.11. The number of carboxylic acids is 1. The Kier molecular flexibility index (Phi) is 6.40. The molecule has 1 N–H and O–H groups in total. The van der Waals surface area contributed by atoms with Gasteiger partial charge in [0.2, 0.25) is 5.91 Å². The lowest BCUT2D eigenvalue weighted by atomic mass is 10.1. The van der Waals surface area contributed by atoms with Crippen LogP contribution in [0.5, 0.6) is 0 Å². The fraction of sp³-hybridized carbons (Fsp3) is 0.529. The lowest BCUT2D eigenvalue weighted by Gasteiger charge is -2.28. The quantitative estimate of drug-likeness (QED) is 0.840. The van der Waals surface area contributed by atoms with Crippen molar-refractivity contribution in [2.24, 2.45) is 5.92 Å². The number of amides is 1. The summed E-state index contributed by atoms with van der Waals surface area (Å²) in [4.78, 5) is 24.9. The van der Waals surface area contributed by atoms with E-state index in [1.54, 1.807) is 11.8 Å². The third-order valence-electron chi connectivity index (χ3n) is 3.58. The van der Waals surface area contributed by atoms with E-state index in [0.717, 1.165) is 5.56 Å². The molecular formula is C17H25NO3. The number of aryl methyl sites for hydroxylation is 2. The largest absolute Gasteiger partial charge is 0.481 e. The summed E-state index contributed by atoms with van der Waals surface area (Å²) in [6, 6.07) is 8.14. The Labute approximate surface area is 126 Å². The Morgan fingerprint density at radius 3 is 2.19 bits per heavy atom. The predicted molar refractivity (Wildman–Crippen MR) is 83.1 cm³/mol. The Morgan fingerprint density at radius 2 is 1.71 bits per heavy atom. The molecule has 0 aliphatic rings. The van der Waals surface area contributed by atoms with Crippen LogP contribution < -0.4 is 0 Å².